The number of hydrogen-bond donors (Lipinski definition) is 3. The molecule has 1 unspecified atom stereocenters. The summed E-state index contributed by atoms with van der Waals surface area (Å²) in [5, 5.41) is 19.7. The van der Waals surface area contributed by atoms with Gasteiger partial charge in [0, 0.05) is 5.41 Å². The fraction of sp³-hybridized carbons (Fsp3) is 0.800. The first-order valence-electron chi connectivity index (χ1n) is 4.88. The number of carbonyl (C=O) groups excluding carboxylic acids is 1. The van der Waals surface area contributed by atoms with Crippen LogP contribution in [0.15, 0.2) is 0 Å². The first-order chi connectivity index (χ1) is 6.73. The summed E-state index contributed by atoms with van der Waals surface area (Å²) in [6, 6.07) is -1.23. The number of carboxylic acid groups (broad SMARTS) is 1. The maximum Gasteiger partial charge on any atom is 0.328 e. The number of aliphatic hydroxyl groups is 1. The molecule has 1 amide bonds. The molecule has 0 aromatic rings. The van der Waals surface area contributed by atoms with Gasteiger partial charge in [0.05, 0.1) is 6.61 Å². The van der Waals surface area contributed by atoms with Gasteiger partial charge in [-0.05, 0) is 5.92 Å². The normalized spacial score (nSPS) is 13.7. The highest BCUT2D eigenvalue weighted by atomic mass is 16.4. The van der Waals surface area contributed by atoms with Crippen LogP contribution in [0.2, 0.25) is 0 Å². The van der Waals surface area contributed by atoms with Gasteiger partial charge in [-0.2, -0.15) is 0 Å². The molecular weight excluding hydrogens is 198 g/mol. The summed E-state index contributed by atoms with van der Waals surface area (Å²) in [5.74, 6) is -1.50. The highest BCUT2D eigenvalue weighted by molar-refractivity contribution is 5.87. The SMILES string of the molecule is CC(C)C(C)(C)C(=O)NC(CO)C(=O)O. The van der Waals surface area contributed by atoms with Crippen molar-refractivity contribution in [1.29, 1.82) is 0 Å². The molecule has 0 saturated heterocycles. The van der Waals surface area contributed by atoms with Crippen LogP contribution >= 0.6 is 0 Å². The van der Waals surface area contributed by atoms with Gasteiger partial charge in [-0.1, -0.05) is 27.7 Å². The Balaban J connectivity index is 4.54. The lowest BCUT2D eigenvalue weighted by Gasteiger charge is -2.29. The summed E-state index contributed by atoms with van der Waals surface area (Å²) in [7, 11) is 0. The minimum atomic E-state index is -1.23. The predicted octanol–water partition coefficient (Wildman–Crippen LogP) is 0.230. The Kier molecular flexibility index (Phi) is 4.74. The molecule has 0 aromatic heterocycles. The van der Waals surface area contributed by atoms with E-state index in [0.717, 1.165) is 0 Å². The average molecular weight is 217 g/mol. The van der Waals surface area contributed by atoms with Crippen LogP contribution in [0.25, 0.3) is 0 Å². The molecule has 0 rings (SSSR count). The molecule has 3 N–H and O–H groups in total. The predicted molar refractivity (Wildman–Crippen MR) is 55.3 cm³/mol. The van der Waals surface area contributed by atoms with Gasteiger partial charge in [0.15, 0.2) is 0 Å². The number of carboxylic acids is 1. The Hall–Kier alpha value is -1.10. The molecule has 0 aliphatic rings. The van der Waals surface area contributed by atoms with E-state index in [9.17, 15) is 9.59 Å². The minimum absolute atomic E-state index is 0.0886. The quantitative estimate of drug-likeness (QED) is 0.615. The van der Waals surface area contributed by atoms with Crippen LogP contribution in [0.1, 0.15) is 27.7 Å². The van der Waals surface area contributed by atoms with Crippen LogP contribution in [0.5, 0.6) is 0 Å². The van der Waals surface area contributed by atoms with Crippen LogP contribution in [-0.4, -0.2) is 34.7 Å². The molecule has 0 heterocycles. The molecule has 5 nitrogen and oxygen atoms in total. The van der Waals surface area contributed by atoms with Gasteiger partial charge < -0.3 is 15.5 Å². The molecule has 0 aliphatic heterocycles. The van der Waals surface area contributed by atoms with E-state index in [2.05, 4.69) is 5.32 Å². The molecule has 15 heavy (non-hydrogen) atoms. The molecule has 0 spiro atoms. The number of rotatable bonds is 5. The Morgan fingerprint density at radius 3 is 2.07 bits per heavy atom. The maximum atomic E-state index is 11.7. The third-order valence-corrected chi connectivity index (χ3v) is 2.81. The van der Waals surface area contributed by atoms with Crippen molar-refractivity contribution in [1.82, 2.24) is 5.32 Å². The maximum absolute atomic E-state index is 11.7. The van der Waals surface area contributed by atoms with E-state index in [0.29, 0.717) is 0 Å². The molecule has 0 bridgehead atoms. The van der Waals surface area contributed by atoms with Crippen LogP contribution in [0, 0.1) is 11.3 Å². The van der Waals surface area contributed by atoms with E-state index < -0.39 is 24.0 Å². The summed E-state index contributed by atoms with van der Waals surface area (Å²) in [6.45, 7) is 6.64. The van der Waals surface area contributed by atoms with Crippen molar-refractivity contribution in [2.45, 2.75) is 33.7 Å². The number of carbonyl (C=O) groups is 2. The molecule has 0 radical (unpaired) electrons. The van der Waals surface area contributed by atoms with Crippen LogP contribution in [-0.2, 0) is 9.59 Å². The molecule has 0 aromatic carbocycles. The largest absolute Gasteiger partial charge is 0.480 e. The highest BCUT2D eigenvalue weighted by Crippen LogP contribution is 2.26. The van der Waals surface area contributed by atoms with Gasteiger partial charge >= 0.3 is 5.97 Å². The zero-order chi connectivity index (χ0) is 12.2. The average Bonchev–Trinajstić information content (AvgIpc) is 2.12. The summed E-state index contributed by atoms with van der Waals surface area (Å²) in [5.41, 5.74) is -0.650. The van der Waals surface area contributed by atoms with Crippen molar-refractivity contribution in [2.24, 2.45) is 11.3 Å². The lowest BCUT2D eigenvalue weighted by molar-refractivity contribution is -0.145. The van der Waals surface area contributed by atoms with Gasteiger partial charge in [-0.25, -0.2) is 4.79 Å². The van der Waals surface area contributed by atoms with Crippen LogP contribution < -0.4 is 5.32 Å². The van der Waals surface area contributed by atoms with Crippen molar-refractivity contribution in [2.75, 3.05) is 6.61 Å². The van der Waals surface area contributed by atoms with Crippen LogP contribution in [0.3, 0.4) is 0 Å². The Morgan fingerprint density at radius 1 is 1.33 bits per heavy atom. The monoisotopic (exact) mass is 217 g/mol. The summed E-state index contributed by atoms with van der Waals surface area (Å²) >= 11 is 0. The van der Waals surface area contributed by atoms with Gasteiger partial charge in [-0.15, -0.1) is 0 Å². The summed E-state index contributed by atoms with van der Waals surface area (Å²) < 4.78 is 0. The van der Waals surface area contributed by atoms with Gasteiger partial charge in [0.1, 0.15) is 6.04 Å². The van der Waals surface area contributed by atoms with E-state index >= 15 is 0 Å². The molecule has 0 aliphatic carbocycles. The molecule has 0 saturated carbocycles. The Morgan fingerprint density at radius 2 is 1.80 bits per heavy atom. The van der Waals surface area contributed by atoms with Crippen molar-refractivity contribution in [3.8, 4) is 0 Å². The van der Waals surface area contributed by atoms with E-state index in [1.807, 2.05) is 13.8 Å². The fourth-order valence-electron chi connectivity index (χ4n) is 0.792. The Bertz CT molecular complexity index is 248. The van der Waals surface area contributed by atoms with Crippen molar-refractivity contribution in [3.63, 3.8) is 0 Å². The van der Waals surface area contributed by atoms with E-state index in [-0.39, 0.29) is 11.8 Å². The van der Waals surface area contributed by atoms with Crippen molar-refractivity contribution >= 4 is 11.9 Å². The second-order valence-corrected chi connectivity index (χ2v) is 4.42. The second-order valence-electron chi connectivity index (χ2n) is 4.42. The molecule has 5 heteroatoms. The smallest absolute Gasteiger partial charge is 0.328 e. The van der Waals surface area contributed by atoms with Gasteiger partial charge in [0.25, 0.3) is 0 Å². The highest BCUT2D eigenvalue weighted by Gasteiger charge is 2.33. The topological polar surface area (TPSA) is 86.6 Å². The fourth-order valence-corrected chi connectivity index (χ4v) is 0.792. The zero-order valence-corrected chi connectivity index (χ0v) is 9.57. The summed E-state index contributed by atoms with van der Waals surface area (Å²) in [4.78, 5) is 22.3. The Labute approximate surface area is 89.5 Å². The lowest BCUT2D eigenvalue weighted by Crippen LogP contribution is -2.49. The zero-order valence-electron chi connectivity index (χ0n) is 9.57. The number of aliphatic carboxylic acids is 1. The van der Waals surface area contributed by atoms with Crippen LogP contribution in [0.4, 0.5) is 0 Å². The van der Waals surface area contributed by atoms with Gasteiger partial charge in [-0.3, -0.25) is 4.79 Å². The molecule has 1 atom stereocenters. The molecule has 88 valence electrons. The van der Waals surface area contributed by atoms with Crippen molar-refractivity contribution < 1.29 is 19.8 Å². The third-order valence-electron chi connectivity index (χ3n) is 2.81. The molecule has 0 fully saturated rings. The number of aliphatic hydroxyl groups excluding tert-OH is 1. The first kappa shape index (κ1) is 13.9. The number of hydrogen-bond acceptors (Lipinski definition) is 3. The third kappa shape index (κ3) is 3.51. The minimum Gasteiger partial charge on any atom is -0.480 e. The van der Waals surface area contributed by atoms with Gasteiger partial charge in [0.2, 0.25) is 5.91 Å². The van der Waals surface area contributed by atoms with E-state index in [1.54, 1.807) is 13.8 Å². The number of amides is 1. The van der Waals surface area contributed by atoms with E-state index in [4.69, 9.17) is 10.2 Å². The van der Waals surface area contributed by atoms with Crippen molar-refractivity contribution in [3.05, 3.63) is 0 Å². The summed E-state index contributed by atoms with van der Waals surface area (Å²) in [6.07, 6.45) is 0. The second kappa shape index (κ2) is 5.11. The number of nitrogens with one attached hydrogen (secondary N) is 1. The van der Waals surface area contributed by atoms with E-state index in [1.165, 1.54) is 0 Å². The standard InChI is InChI=1S/C10H19NO4/c1-6(2)10(3,4)9(15)11-7(5-12)8(13)14/h6-7,12H,5H2,1-4H3,(H,11,15)(H,13,14). The lowest BCUT2D eigenvalue weighted by atomic mass is 9.80. The first-order valence-corrected chi connectivity index (χ1v) is 4.88. The molecular formula is C10H19NO4.